The number of aromatic nitrogens is 4. The Morgan fingerprint density at radius 1 is 0.731 bits per heavy atom. The second kappa shape index (κ2) is 5.48. The minimum absolute atomic E-state index is 0.360. The van der Waals surface area contributed by atoms with Gasteiger partial charge in [0, 0.05) is 12.1 Å². The molecule has 6 atom stereocenters. The van der Waals surface area contributed by atoms with Crippen molar-refractivity contribution in [1.29, 1.82) is 0 Å². The number of rotatable bonds is 2. The number of imidazole rings is 2. The first-order chi connectivity index (χ1) is 12.8. The molecule has 6 rings (SSSR count). The topological polar surface area (TPSA) is 81.4 Å². The van der Waals surface area contributed by atoms with E-state index in [0.717, 1.165) is 47.0 Å². The second-order valence-corrected chi connectivity index (χ2v) is 7.98. The van der Waals surface area contributed by atoms with E-state index in [1.807, 2.05) is 0 Å². The lowest BCUT2D eigenvalue weighted by molar-refractivity contribution is 0.543. The molecule has 0 aromatic carbocycles. The summed E-state index contributed by atoms with van der Waals surface area (Å²) in [4.78, 5) is 15.5. The number of hydrogen-bond donors (Lipinski definition) is 4. The quantitative estimate of drug-likeness (QED) is 0.621. The minimum Gasteiger partial charge on any atom is -0.334 e. The number of hydrogen-bond acceptors (Lipinski definition) is 4. The standard InChI is InChI=1S/C20H20N6/c1(3-13-9-21-19(23-13)17-7-11-5-15(11)25-17)2-4-14-10-22-20(24-14)18-8-12-6-16(12)26-18/h9-12,15-18,25-26H,5-8H2,(H,21,23)(H,22,24). The van der Waals surface area contributed by atoms with Gasteiger partial charge < -0.3 is 20.6 Å². The van der Waals surface area contributed by atoms with Gasteiger partial charge in [0.2, 0.25) is 0 Å². The van der Waals surface area contributed by atoms with Crippen molar-refractivity contribution in [3.05, 3.63) is 35.4 Å². The molecule has 0 radical (unpaired) electrons. The van der Waals surface area contributed by atoms with E-state index in [4.69, 9.17) is 0 Å². The molecule has 6 unspecified atom stereocenters. The normalized spacial score (nSPS) is 35.7. The number of piperidine rings is 2. The highest BCUT2D eigenvalue weighted by Gasteiger charge is 2.47. The van der Waals surface area contributed by atoms with Crippen molar-refractivity contribution in [1.82, 2.24) is 30.6 Å². The lowest BCUT2D eigenvalue weighted by atomic mass is 10.2. The Hall–Kier alpha value is -2.54. The number of aromatic amines is 2. The first kappa shape index (κ1) is 14.6. The van der Waals surface area contributed by atoms with E-state index in [-0.39, 0.29) is 0 Å². The van der Waals surface area contributed by atoms with Crippen LogP contribution >= 0.6 is 0 Å². The zero-order valence-corrected chi connectivity index (χ0v) is 14.3. The van der Waals surface area contributed by atoms with E-state index < -0.39 is 0 Å². The van der Waals surface area contributed by atoms with Crippen LogP contribution in [0.5, 0.6) is 0 Å². The van der Waals surface area contributed by atoms with E-state index in [2.05, 4.69) is 54.3 Å². The molecule has 2 saturated heterocycles. The summed E-state index contributed by atoms with van der Waals surface area (Å²) in [7, 11) is 0. The van der Waals surface area contributed by atoms with Crippen LogP contribution in [0, 0.1) is 35.5 Å². The highest BCUT2D eigenvalue weighted by Crippen LogP contribution is 2.46. The van der Waals surface area contributed by atoms with Crippen LogP contribution in [0.15, 0.2) is 12.4 Å². The SMILES string of the molecule is C(C#Cc1cnc(C2CC3CC3N2)[nH]1)#Cc1cnc(C2CC3CC3N2)[nH]1. The molecular weight excluding hydrogens is 324 g/mol. The van der Waals surface area contributed by atoms with Crippen LogP contribution in [-0.2, 0) is 0 Å². The molecule has 2 aliphatic carbocycles. The highest BCUT2D eigenvalue weighted by molar-refractivity contribution is 5.40. The van der Waals surface area contributed by atoms with Crippen LogP contribution in [0.25, 0.3) is 0 Å². The summed E-state index contributed by atoms with van der Waals surface area (Å²) in [6.45, 7) is 0. The van der Waals surface area contributed by atoms with Crippen molar-refractivity contribution in [2.24, 2.45) is 11.8 Å². The third-order valence-electron chi connectivity index (χ3n) is 6.06. The minimum atomic E-state index is 0.360. The van der Waals surface area contributed by atoms with Crippen molar-refractivity contribution in [3.8, 4) is 23.7 Å². The molecule has 6 nitrogen and oxygen atoms in total. The molecule has 0 spiro atoms. The van der Waals surface area contributed by atoms with Gasteiger partial charge in [-0.25, -0.2) is 9.97 Å². The molecule has 4 aliphatic rings. The third-order valence-corrected chi connectivity index (χ3v) is 6.06. The number of nitrogens with one attached hydrogen (secondary N) is 4. The largest absolute Gasteiger partial charge is 0.334 e. The fourth-order valence-corrected chi connectivity index (χ4v) is 4.42. The summed E-state index contributed by atoms with van der Waals surface area (Å²) in [5.41, 5.74) is 1.63. The molecule has 2 aromatic heterocycles. The molecule has 4 N–H and O–H groups in total. The molecule has 2 aliphatic heterocycles. The lowest BCUT2D eigenvalue weighted by Crippen LogP contribution is -2.18. The summed E-state index contributed by atoms with van der Waals surface area (Å²) in [5.74, 6) is 15.6. The van der Waals surface area contributed by atoms with Crippen molar-refractivity contribution in [3.63, 3.8) is 0 Å². The Morgan fingerprint density at radius 3 is 1.65 bits per heavy atom. The first-order valence-electron chi connectivity index (χ1n) is 9.46. The van der Waals surface area contributed by atoms with Gasteiger partial charge in [0.1, 0.15) is 23.0 Å². The third kappa shape index (κ3) is 2.63. The fourth-order valence-electron chi connectivity index (χ4n) is 4.42. The van der Waals surface area contributed by atoms with Gasteiger partial charge in [-0.2, -0.15) is 0 Å². The molecule has 0 bridgehead atoms. The molecule has 26 heavy (non-hydrogen) atoms. The Bertz CT molecular complexity index is 879. The van der Waals surface area contributed by atoms with Gasteiger partial charge in [-0.15, -0.1) is 0 Å². The van der Waals surface area contributed by atoms with E-state index >= 15 is 0 Å². The molecule has 2 saturated carbocycles. The van der Waals surface area contributed by atoms with Crippen LogP contribution in [0.2, 0.25) is 0 Å². The van der Waals surface area contributed by atoms with Crippen LogP contribution in [0.1, 0.15) is 60.8 Å². The first-order valence-corrected chi connectivity index (χ1v) is 9.46. The summed E-state index contributed by atoms with van der Waals surface area (Å²) in [6, 6.07) is 2.16. The van der Waals surface area contributed by atoms with E-state index in [1.165, 1.54) is 25.7 Å². The Morgan fingerprint density at radius 2 is 1.23 bits per heavy atom. The fraction of sp³-hybridized carbons (Fsp3) is 0.500. The van der Waals surface area contributed by atoms with Crippen LogP contribution < -0.4 is 10.6 Å². The van der Waals surface area contributed by atoms with Gasteiger partial charge in [0.25, 0.3) is 0 Å². The van der Waals surface area contributed by atoms with Crippen molar-refractivity contribution in [2.45, 2.75) is 49.9 Å². The second-order valence-electron chi connectivity index (χ2n) is 7.98. The maximum Gasteiger partial charge on any atom is 0.124 e. The Balaban J connectivity index is 1.10. The average molecular weight is 344 g/mol. The van der Waals surface area contributed by atoms with E-state index in [1.54, 1.807) is 12.4 Å². The lowest BCUT2D eigenvalue weighted by Gasteiger charge is -2.08. The van der Waals surface area contributed by atoms with E-state index in [0.29, 0.717) is 12.1 Å². The molecule has 2 aromatic rings. The average Bonchev–Trinajstić information content (AvgIpc) is 3.27. The van der Waals surface area contributed by atoms with Gasteiger partial charge in [-0.3, -0.25) is 0 Å². The smallest absolute Gasteiger partial charge is 0.124 e. The summed E-state index contributed by atoms with van der Waals surface area (Å²) >= 11 is 0. The zero-order chi connectivity index (χ0) is 17.1. The van der Waals surface area contributed by atoms with Gasteiger partial charge in [0.05, 0.1) is 24.5 Å². The maximum absolute atomic E-state index is 4.46. The number of nitrogens with zero attached hydrogens (tertiary/aromatic N) is 2. The zero-order valence-electron chi connectivity index (χ0n) is 14.3. The van der Waals surface area contributed by atoms with Gasteiger partial charge in [0.15, 0.2) is 0 Å². The number of H-pyrrole nitrogens is 2. The van der Waals surface area contributed by atoms with Gasteiger partial charge in [-0.1, -0.05) is 0 Å². The summed E-state index contributed by atoms with van der Waals surface area (Å²) in [6.07, 6.45) is 8.61. The molecule has 4 heterocycles. The van der Waals surface area contributed by atoms with Crippen LogP contribution in [0.3, 0.4) is 0 Å². The number of fused-ring (bicyclic) bond motifs is 2. The van der Waals surface area contributed by atoms with E-state index in [9.17, 15) is 0 Å². The maximum atomic E-state index is 4.46. The Labute approximate surface area is 152 Å². The van der Waals surface area contributed by atoms with Crippen molar-refractivity contribution >= 4 is 0 Å². The van der Waals surface area contributed by atoms with Crippen LogP contribution in [-0.4, -0.2) is 32.0 Å². The molecular formula is C20H20N6. The van der Waals surface area contributed by atoms with Gasteiger partial charge in [-0.05, 0) is 61.2 Å². The molecule has 130 valence electrons. The van der Waals surface area contributed by atoms with Crippen LogP contribution in [0.4, 0.5) is 0 Å². The van der Waals surface area contributed by atoms with Crippen molar-refractivity contribution < 1.29 is 0 Å². The monoisotopic (exact) mass is 344 g/mol. The van der Waals surface area contributed by atoms with Gasteiger partial charge >= 0.3 is 0 Å². The summed E-state index contributed by atoms with van der Waals surface area (Å²) in [5, 5.41) is 7.18. The van der Waals surface area contributed by atoms with Crippen molar-refractivity contribution in [2.75, 3.05) is 0 Å². The Kier molecular flexibility index (Phi) is 3.08. The molecule has 0 amide bonds. The highest BCUT2D eigenvalue weighted by atomic mass is 15.1. The predicted molar refractivity (Wildman–Crippen MR) is 95.7 cm³/mol. The molecule has 6 heteroatoms. The summed E-state index contributed by atoms with van der Waals surface area (Å²) < 4.78 is 0. The predicted octanol–water partition coefficient (Wildman–Crippen LogP) is 1.38. The molecule has 4 fully saturated rings.